The van der Waals surface area contributed by atoms with Crippen molar-refractivity contribution in [3.05, 3.63) is 24.3 Å². The van der Waals surface area contributed by atoms with Crippen molar-refractivity contribution in [2.24, 2.45) is 9.98 Å². The van der Waals surface area contributed by atoms with Crippen molar-refractivity contribution >= 4 is 24.1 Å². The quantitative estimate of drug-likeness (QED) is 0.572. The predicted molar refractivity (Wildman–Crippen MR) is 70.1 cm³/mol. The lowest BCUT2D eigenvalue weighted by molar-refractivity contribution is 0.643. The second-order valence-corrected chi connectivity index (χ2v) is 3.94. The number of nitrogens with zero attached hydrogens (tertiary/aromatic N) is 4. The molecule has 86 valence electrons. The van der Waals surface area contributed by atoms with Gasteiger partial charge in [0.2, 0.25) is 0 Å². The molecule has 0 saturated heterocycles. The minimum atomic E-state index is 0.905. The van der Waals surface area contributed by atoms with Crippen LogP contribution in [0.5, 0.6) is 0 Å². The van der Waals surface area contributed by atoms with Gasteiger partial charge in [-0.05, 0) is 18.2 Å². The summed E-state index contributed by atoms with van der Waals surface area (Å²) in [6.07, 6.45) is 3.55. The lowest BCUT2D eigenvalue weighted by atomic mass is 10.3. The Morgan fingerprint density at radius 1 is 0.875 bits per heavy atom. The van der Waals surface area contributed by atoms with Crippen molar-refractivity contribution in [1.29, 1.82) is 0 Å². The van der Waals surface area contributed by atoms with Gasteiger partial charge in [0, 0.05) is 28.2 Å². The molecule has 0 fully saturated rings. The second-order valence-electron chi connectivity index (χ2n) is 3.94. The summed E-state index contributed by atoms with van der Waals surface area (Å²) in [7, 11) is 7.77. The molecule has 0 saturated carbocycles. The highest BCUT2D eigenvalue weighted by Gasteiger charge is 1.91. The van der Waals surface area contributed by atoms with E-state index in [2.05, 4.69) is 9.98 Å². The molecular formula is C12H18N4. The van der Waals surface area contributed by atoms with Crippen LogP contribution in [0.3, 0.4) is 0 Å². The molecule has 0 aliphatic rings. The summed E-state index contributed by atoms with van der Waals surface area (Å²) in [6.45, 7) is 0. The van der Waals surface area contributed by atoms with Gasteiger partial charge >= 0.3 is 0 Å². The van der Waals surface area contributed by atoms with Gasteiger partial charge in [-0.1, -0.05) is 6.07 Å². The van der Waals surface area contributed by atoms with Gasteiger partial charge in [-0.25, -0.2) is 9.98 Å². The van der Waals surface area contributed by atoms with E-state index < -0.39 is 0 Å². The third-order valence-electron chi connectivity index (χ3n) is 1.71. The fourth-order valence-corrected chi connectivity index (χ4v) is 1.02. The van der Waals surface area contributed by atoms with Crippen LogP contribution in [0.1, 0.15) is 0 Å². The molecule has 0 unspecified atom stereocenters. The Kier molecular flexibility index (Phi) is 4.51. The molecule has 0 aliphatic heterocycles. The number of aliphatic imine (C=N–C) groups is 2. The molecule has 0 bridgehead atoms. The third-order valence-corrected chi connectivity index (χ3v) is 1.71. The fourth-order valence-electron chi connectivity index (χ4n) is 1.02. The Balaban J connectivity index is 2.79. The van der Waals surface area contributed by atoms with Gasteiger partial charge in [0.1, 0.15) is 0 Å². The van der Waals surface area contributed by atoms with E-state index in [1.165, 1.54) is 0 Å². The summed E-state index contributed by atoms with van der Waals surface area (Å²) in [6, 6.07) is 7.80. The largest absolute Gasteiger partial charge is 0.369 e. The molecule has 1 aromatic carbocycles. The molecule has 4 heteroatoms. The Labute approximate surface area is 96.9 Å². The highest BCUT2D eigenvalue weighted by atomic mass is 15.1. The van der Waals surface area contributed by atoms with Gasteiger partial charge in [0.05, 0.1) is 24.1 Å². The van der Waals surface area contributed by atoms with Crippen LogP contribution in [0.2, 0.25) is 0 Å². The molecule has 0 radical (unpaired) electrons. The van der Waals surface area contributed by atoms with Crippen LogP contribution in [-0.4, -0.2) is 50.7 Å². The van der Waals surface area contributed by atoms with E-state index in [4.69, 9.17) is 0 Å². The first kappa shape index (κ1) is 12.2. The Hall–Kier alpha value is -1.84. The SMILES string of the molecule is CN(C)C=Nc1cccc(N=CN(C)C)c1. The van der Waals surface area contributed by atoms with E-state index in [1.54, 1.807) is 12.7 Å². The molecule has 0 aromatic heterocycles. The van der Waals surface area contributed by atoms with E-state index in [0.29, 0.717) is 0 Å². The van der Waals surface area contributed by atoms with Crippen molar-refractivity contribution in [1.82, 2.24) is 9.80 Å². The van der Waals surface area contributed by atoms with Crippen LogP contribution in [-0.2, 0) is 0 Å². The minimum Gasteiger partial charge on any atom is -0.369 e. The molecule has 0 atom stereocenters. The molecule has 16 heavy (non-hydrogen) atoms. The summed E-state index contributed by atoms with van der Waals surface area (Å²) in [4.78, 5) is 12.4. The average Bonchev–Trinajstić information content (AvgIpc) is 2.24. The topological polar surface area (TPSA) is 31.2 Å². The van der Waals surface area contributed by atoms with E-state index in [0.717, 1.165) is 11.4 Å². The minimum absolute atomic E-state index is 0.905. The molecule has 1 aromatic rings. The first-order valence-electron chi connectivity index (χ1n) is 5.09. The lowest BCUT2D eigenvalue weighted by Crippen LogP contribution is -2.07. The maximum absolute atomic E-state index is 4.31. The smallest absolute Gasteiger partial charge is 0.0907 e. The second kappa shape index (κ2) is 5.90. The molecule has 0 N–H and O–H groups in total. The zero-order valence-electron chi connectivity index (χ0n) is 10.3. The van der Waals surface area contributed by atoms with Gasteiger partial charge in [0.25, 0.3) is 0 Å². The van der Waals surface area contributed by atoms with Crippen molar-refractivity contribution in [2.75, 3.05) is 28.2 Å². The summed E-state index contributed by atoms with van der Waals surface area (Å²) in [5.41, 5.74) is 1.81. The third kappa shape index (κ3) is 4.59. The molecule has 1 rings (SSSR count). The summed E-state index contributed by atoms with van der Waals surface area (Å²) in [5, 5.41) is 0. The standard InChI is InChI=1S/C12H18N4/c1-15(2)9-13-11-6-5-7-12(8-11)14-10-16(3)4/h5-10H,1-4H3. The van der Waals surface area contributed by atoms with Gasteiger partial charge in [-0.15, -0.1) is 0 Å². The number of hydrogen-bond acceptors (Lipinski definition) is 2. The summed E-state index contributed by atoms with van der Waals surface area (Å²) in [5.74, 6) is 0. The van der Waals surface area contributed by atoms with E-state index in [9.17, 15) is 0 Å². The molecule has 4 nitrogen and oxygen atoms in total. The van der Waals surface area contributed by atoms with Crippen molar-refractivity contribution in [2.45, 2.75) is 0 Å². The number of rotatable bonds is 4. The molecule has 0 aliphatic carbocycles. The van der Waals surface area contributed by atoms with E-state index in [-0.39, 0.29) is 0 Å². The zero-order valence-corrected chi connectivity index (χ0v) is 10.3. The Morgan fingerprint density at radius 2 is 1.31 bits per heavy atom. The average molecular weight is 218 g/mol. The molecular weight excluding hydrogens is 200 g/mol. The van der Waals surface area contributed by atoms with Gasteiger partial charge in [0.15, 0.2) is 0 Å². The van der Waals surface area contributed by atoms with Crippen LogP contribution in [0, 0.1) is 0 Å². The molecule has 0 spiro atoms. The zero-order chi connectivity index (χ0) is 12.0. The highest BCUT2D eigenvalue weighted by Crippen LogP contribution is 2.19. The van der Waals surface area contributed by atoms with E-state index >= 15 is 0 Å². The van der Waals surface area contributed by atoms with Crippen molar-refractivity contribution in [3.8, 4) is 0 Å². The predicted octanol–water partition coefficient (Wildman–Crippen LogP) is 2.13. The number of benzene rings is 1. The molecule has 0 heterocycles. The normalized spacial score (nSPS) is 11.2. The van der Waals surface area contributed by atoms with Gasteiger partial charge in [-0.3, -0.25) is 0 Å². The van der Waals surface area contributed by atoms with Crippen LogP contribution in [0.15, 0.2) is 34.3 Å². The maximum Gasteiger partial charge on any atom is 0.0907 e. The van der Waals surface area contributed by atoms with Crippen LogP contribution >= 0.6 is 0 Å². The number of hydrogen-bond donors (Lipinski definition) is 0. The van der Waals surface area contributed by atoms with Crippen LogP contribution in [0.25, 0.3) is 0 Å². The van der Waals surface area contributed by atoms with E-state index in [1.807, 2.05) is 62.3 Å². The highest BCUT2D eigenvalue weighted by molar-refractivity contribution is 5.65. The molecule has 0 amide bonds. The Bertz CT molecular complexity index is 347. The van der Waals surface area contributed by atoms with Crippen molar-refractivity contribution < 1.29 is 0 Å². The Morgan fingerprint density at radius 3 is 1.69 bits per heavy atom. The summed E-state index contributed by atoms with van der Waals surface area (Å²) >= 11 is 0. The first-order chi connectivity index (χ1) is 7.58. The maximum atomic E-state index is 4.31. The van der Waals surface area contributed by atoms with Crippen LogP contribution in [0.4, 0.5) is 11.4 Å². The summed E-state index contributed by atoms with van der Waals surface area (Å²) < 4.78 is 0. The lowest BCUT2D eigenvalue weighted by Gasteiger charge is -2.04. The van der Waals surface area contributed by atoms with Gasteiger partial charge in [-0.2, -0.15) is 0 Å². The van der Waals surface area contributed by atoms with Crippen molar-refractivity contribution in [3.63, 3.8) is 0 Å². The van der Waals surface area contributed by atoms with Gasteiger partial charge < -0.3 is 9.80 Å². The van der Waals surface area contributed by atoms with Crippen LogP contribution < -0.4 is 0 Å². The first-order valence-corrected chi connectivity index (χ1v) is 5.09. The fraction of sp³-hybridized carbons (Fsp3) is 0.333. The monoisotopic (exact) mass is 218 g/mol.